The molecule has 3 heterocycles. The summed E-state index contributed by atoms with van der Waals surface area (Å²) < 4.78 is 1.70. The number of halogens is 1. The highest BCUT2D eigenvalue weighted by molar-refractivity contribution is 6.28. The van der Waals surface area contributed by atoms with Crippen LogP contribution in [-0.4, -0.2) is 37.8 Å². The highest BCUT2D eigenvalue weighted by Crippen LogP contribution is 2.19. The largest absolute Gasteiger partial charge is 0.341 e. The molecule has 6 nitrogen and oxygen atoms in total. The Morgan fingerprint density at radius 2 is 1.74 bits per heavy atom. The van der Waals surface area contributed by atoms with Gasteiger partial charge in [-0.25, -0.2) is 4.68 Å². The molecule has 1 aliphatic rings. The van der Waals surface area contributed by atoms with Gasteiger partial charge < -0.3 is 4.90 Å². The van der Waals surface area contributed by atoms with Crippen molar-refractivity contribution < 1.29 is 0 Å². The molecule has 0 bridgehead atoms. The fraction of sp³-hybridized carbons (Fsp3) is 0.500. The Hall–Kier alpha value is -1.69. The predicted octanol–water partition coefficient (Wildman–Crippen LogP) is 1.93. The normalized spacial score (nSPS) is 15.2. The Morgan fingerprint density at radius 3 is 2.37 bits per heavy atom. The zero-order chi connectivity index (χ0) is 13.4. The Kier molecular flexibility index (Phi) is 3.10. The number of anilines is 1. The van der Waals surface area contributed by atoms with Gasteiger partial charge in [0, 0.05) is 18.8 Å². The third-order valence-electron chi connectivity index (χ3n) is 3.17. The van der Waals surface area contributed by atoms with Gasteiger partial charge in [0.15, 0.2) is 0 Å². The number of aryl methyl sites for hydroxylation is 2. The third kappa shape index (κ3) is 2.40. The summed E-state index contributed by atoms with van der Waals surface area (Å²) in [5.41, 5.74) is 1.91. The van der Waals surface area contributed by atoms with Crippen LogP contribution in [0.1, 0.15) is 24.2 Å². The van der Waals surface area contributed by atoms with Crippen molar-refractivity contribution in [3.63, 3.8) is 0 Å². The molecule has 3 rings (SSSR count). The van der Waals surface area contributed by atoms with Gasteiger partial charge in [0.2, 0.25) is 11.2 Å². The number of nitrogens with zero attached hydrogens (tertiary/aromatic N) is 6. The van der Waals surface area contributed by atoms with Crippen LogP contribution in [0.3, 0.4) is 0 Å². The zero-order valence-corrected chi connectivity index (χ0v) is 11.7. The molecule has 0 radical (unpaired) electrons. The lowest BCUT2D eigenvalue weighted by atomic mass is 10.4. The van der Waals surface area contributed by atoms with E-state index in [9.17, 15) is 0 Å². The standard InChI is InChI=1S/C12H15ClN6/c1-8-7-9(2)19(17-8)12-15-10(13)14-11(16-12)18-5-3-4-6-18/h7H,3-6H2,1-2H3. The molecule has 0 aromatic carbocycles. The summed E-state index contributed by atoms with van der Waals surface area (Å²) in [6, 6.07) is 1.98. The van der Waals surface area contributed by atoms with Crippen molar-refractivity contribution in [2.24, 2.45) is 0 Å². The minimum Gasteiger partial charge on any atom is -0.341 e. The van der Waals surface area contributed by atoms with E-state index in [0.29, 0.717) is 11.9 Å². The summed E-state index contributed by atoms with van der Waals surface area (Å²) in [4.78, 5) is 15.0. The Bertz CT molecular complexity index is 602. The summed E-state index contributed by atoms with van der Waals surface area (Å²) in [5.74, 6) is 1.12. The summed E-state index contributed by atoms with van der Waals surface area (Å²) in [6.07, 6.45) is 2.33. The van der Waals surface area contributed by atoms with Crippen LogP contribution in [0.2, 0.25) is 5.28 Å². The van der Waals surface area contributed by atoms with Crippen molar-refractivity contribution in [2.75, 3.05) is 18.0 Å². The average Bonchev–Trinajstić information content (AvgIpc) is 2.98. The highest BCUT2D eigenvalue weighted by atomic mass is 35.5. The van der Waals surface area contributed by atoms with Crippen LogP contribution in [0.4, 0.5) is 5.95 Å². The Balaban J connectivity index is 2.04. The van der Waals surface area contributed by atoms with Crippen molar-refractivity contribution in [3.8, 4) is 5.95 Å². The van der Waals surface area contributed by atoms with E-state index < -0.39 is 0 Å². The highest BCUT2D eigenvalue weighted by Gasteiger charge is 2.18. The van der Waals surface area contributed by atoms with Gasteiger partial charge >= 0.3 is 0 Å². The molecule has 0 spiro atoms. The monoisotopic (exact) mass is 278 g/mol. The van der Waals surface area contributed by atoms with Crippen molar-refractivity contribution in [2.45, 2.75) is 26.7 Å². The molecule has 7 heteroatoms. The molecular weight excluding hydrogens is 264 g/mol. The van der Waals surface area contributed by atoms with Gasteiger partial charge in [-0.15, -0.1) is 0 Å². The van der Waals surface area contributed by atoms with E-state index in [1.54, 1.807) is 4.68 Å². The average molecular weight is 279 g/mol. The maximum absolute atomic E-state index is 6.01. The van der Waals surface area contributed by atoms with Crippen molar-refractivity contribution >= 4 is 17.5 Å². The summed E-state index contributed by atoms with van der Waals surface area (Å²) >= 11 is 6.01. The van der Waals surface area contributed by atoms with E-state index >= 15 is 0 Å². The number of rotatable bonds is 2. The SMILES string of the molecule is Cc1cc(C)n(-c2nc(Cl)nc(N3CCCC3)n2)n1. The number of aromatic nitrogens is 5. The molecule has 0 atom stereocenters. The first-order valence-corrected chi connectivity index (χ1v) is 6.71. The quantitative estimate of drug-likeness (QED) is 0.840. The smallest absolute Gasteiger partial charge is 0.256 e. The molecule has 2 aromatic heterocycles. The topological polar surface area (TPSA) is 59.7 Å². The van der Waals surface area contributed by atoms with Gasteiger partial charge in [0.05, 0.1) is 5.69 Å². The maximum atomic E-state index is 6.01. The van der Waals surface area contributed by atoms with E-state index in [2.05, 4.69) is 25.0 Å². The first kappa shape index (κ1) is 12.3. The van der Waals surface area contributed by atoms with E-state index in [1.165, 1.54) is 12.8 Å². The number of hydrogen-bond donors (Lipinski definition) is 0. The molecule has 0 N–H and O–H groups in total. The zero-order valence-electron chi connectivity index (χ0n) is 11.0. The molecule has 0 unspecified atom stereocenters. The van der Waals surface area contributed by atoms with Gasteiger partial charge in [-0.3, -0.25) is 0 Å². The first-order chi connectivity index (χ1) is 9.13. The Morgan fingerprint density at radius 1 is 1.05 bits per heavy atom. The molecule has 2 aromatic rings. The predicted molar refractivity (Wildman–Crippen MR) is 72.9 cm³/mol. The van der Waals surface area contributed by atoms with Crippen LogP contribution in [0.5, 0.6) is 0 Å². The lowest BCUT2D eigenvalue weighted by Gasteiger charge is -2.15. The summed E-state index contributed by atoms with van der Waals surface area (Å²) in [5, 5.41) is 4.58. The molecule has 1 saturated heterocycles. The van der Waals surface area contributed by atoms with E-state index in [1.807, 2.05) is 19.9 Å². The van der Waals surface area contributed by atoms with Crippen LogP contribution >= 0.6 is 11.6 Å². The van der Waals surface area contributed by atoms with E-state index in [-0.39, 0.29) is 5.28 Å². The lowest BCUT2D eigenvalue weighted by Crippen LogP contribution is -2.22. The first-order valence-electron chi connectivity index (χ1n) is 6.33. The van der Waals surface area contributed by atoms with Crippen LogP contribution in [0.25, 0.3) is 5.95 Å². The molecular formula is C12H15ClN6. The molecule has 0 aliphatic carbocycles. The van der Waals surface area contributed by atoms with Crippen LogP contribution in [0, 0.1) is 13.8 Å². The summed E-state index contributed by atoms with van der Waals surface area (Å²) in [7, 11) is 0. The fourth-order valence-electron chi connectivity index (χ4n) is 2.31. The lowest BCUT2D eigenvalue weighted by molar-refractivity contribution is 0.753. The van der Waals surface area contributed by atoms with E-state index in [4.69, 9.17) is 11.6 Å². The van der Waals surface area contributed by atoms with E-state index in [0.717, 1.165) is 24.5 Å². The molecule has 19 heavy (non-hydrogen) atoms. The van der Waals surface area contributed by atoms with Crippen molar-refractivity contribution in [1.29, 1.82) is 0 Å². The Labute approximate surface area is 116 Å². The molecule has 0 amide bonds. The minimum absolute atomic E-state index is 0.208. The van der Waals surface area contributed by atoms with Gasteiger partial charge in [-0.2, -0.15) is 20.1 Å². The second-order valence-electron chi connectivity index (χ2n) is 4.74. The fourth-order valence-corrected chi connectivity index (χ4v) is 2.47. The van der Waals surface area contributed by atoms with Gasteiger partial charge in [-0.1, -0.05) is 0 Å². The van der Waals surface area contributed by atoms with Gasteiger partial charge in [0.1, 0.15) is 0 Å². The molecule has 0 saturated carbocycles. The minimum atomic E-state index is 0.208. The molecule has 1 aliphatic heterocycles. The molecule has 100 valence electrons. The third-order valence-corrected chi connectivity index (χ3v) is 3.34. The van der Waals surface area contributed by atoms with Crippen LogP contribution in [-0.2, 0) is 0 Å². The second kappa shape index (κ2) is 4.77. The maximum Gasteiger partial charge on any atom is 0.256 e. The summed E-state index contributed by atoms with van der Waals surface area (Å²) in [6.45, 7) is 5.84. The van der Waals surface area contributed by atoms with Crippen molar-refractivity contribution in [1.82, 2.24) is 24.7 Å². The van der Waals surface area contributed by atoms with Crippen molar-refractivity contribution in [3.05, 3.63) is 22.7 Å². The van der Waals surface area contributed by atoms with Gasteiger partial charge in [-0.05, 0) is 44.4 Å². The second-order valence-corrected chi connectivity index (χ2v) is 5.08. The van der Waals surface area contributed by atoms with Crippen LogP contribution in [0.15, 0.2) is 6.07 Å². The molecule has 1 fully saturated rings. The van der Waals surface area contributed by atoms with Gasteiger partial charge in [0.25, 0.3) is 5.95 Å². The van der Waals surface area contributed by atoms with Crippen LogP contribution < -0.4 is 4.90 Å². The number of hydrogen-bond acceptors (Lipinski definition) is 5.